The van der Waals surface area contributed by atoms with Crippen molar-refractivity contribution in [3.63, 3.8) is 0 Å². The Kier molecular flexibility index (Phi) is 16.4. The number of carbonyl (C=O) groups is 4. The van der Waals surface area contributed by atoms with Crippen LogP contribution in [-0.2, 0) is 19.1 Å². The molecular formula is C47H81N3O7. The van der Waals surface area contributed by atoms with Gasteiger partial charge in [-0.1, -0.05) is 65.5 Å². The molecule has 10 nitrogen and oxygen atoms in total. The Morgan fingerprint density at radius 2 is 1.30 bits per heavy atom. The highest BCUT2D eigenvalue weighted by molar-refractivity contribution is 5.88. The molecule has 0 radical (unpaired) electrons. The number of carboxylic acids is 1. The van der Waals surface area contributed by atoms with E-state index >= 15 is 0 Å². The number of fused-ring (bicyclic) bond motifs is 5. The lowest BCUT2D eigenvalue weighted by atomic mass is 9.54. The Morgan fingerprint density at radius 3 is 1.84 bits per heavy atom. The molecular weight excluding hydrogens is 719 g/mol. The van der Waals surface area contributed by atoms with E-state index in [0.29, 0.717) is 50.9 Å². The first-order chi connectivity index (χ1) is 26.6. The fourth-order valence-corrected chi connectivity index (χ4v) is 11.6. The molecule has 0 aromatic carbocycles. The molecule has 0 saturated heterocycles. The van der Waals surface area contributed by atoms with E-state index in [1.807, 2.05) is 0 Å². The molecule has 326 valence electrons. The standard InChI is InChI=1S/C47H81N3O7/c1-30(2)15-12-16-31(3)34-21-22-39-36(34)23-24-37-35-19-18-33(29-32(35)17-20-38(37)39)40(41(51)52)47(10,11)42(53)50(27-13-25-48-43(54)56-45(4,5)6)28-14-26-49-44(55)57-46(7,8)9/h17,30-31,33-40H,12-16,18-29H2,1-11H3,(H,48,54)(H,49,55)(H,51,52)/t31-,33?,34?,35?,36?,37?,38?,39?,40?/m1/s1. The third-order valence-corrected chi connectivity index (χ3v) is 13.9. The Hall–Kier alpha value is -2.78. The number of aliphatic carboxylic acids is 1. The maximum absolute atomic E-state index is 14.5. The molecule has 0 aliphatic heterocycles. The zero-order valence-corrected chi connectivity index (χ0v) is 37.7. The first-order valence-corrected chi connectivity index (χ1v) is 22.7. The lowest BCUT2D eigenvalue weighted by Gasteiger charge is -2.51. The summed E-state index contributed by atoms with van der Waals surface area (Å²) >= 11 is 0. The van der Waals surface area contributed by atoms with E-state index < -0.39 is 40.7 Å². The normalized spacial score (nSPS) is 27.2. The fraction of sp³-hybridized carbons (Fsp3) is 0.872. The predicted octanol–water partition coefficient (Wildman–Crippen LogP) is 10.2. The summed E-state index contributed by atoms with van der Waals surface area (Å²) in [5.41, 5.74) is -0.958. The minimum Gasteiger partial charge on any atom is -0.481 e. The van der Waals surface area contributed by atoms with Crippen molar-refractivity contribution in [3.05, 3.63) is 11.6 Å². The summed E-state index contributed by atoms with van der Waals surface area (Å²) in [4.78, 5) is 54.1. The predicted molar refractivity (Wildman–Crippen MR) is 226 cm³/mol. The van der Waals surface area contributed by atoms with Crippen LogP contribution in [0.3, 0.4) is 0 Å². The number of nitrogens with one attached hydrogen (secondary N) is 2. The highest BCUT2D eigenvalue weighted by atomic mass is 16.6. The van der Waals surface area contributed by atoms with Crippen LogP contribution in [0, 0.1) is 64.6 Å². The average molecular weight is 800 g/mol. The van der Waals surface area contributed by atoms with Crippen LogP contribution >= 0.6 is 0 Å². The van der Waals surface area contributed by atoms with Gasteiger partial charge in [0, 0.05) is 26.2 Å². The molecule has 4 aliphatic rings. The Morgan fingerprint density at radius 1 is 0.737 bits per heavy atom. The van der Waals surface area contributed by atoms with Gasteiger partial charge in [0.1, 0.15) is 11.2 Å². The average Bonchev–Trinajstić information content (AvgIpc) is 3.53. The van der Waals surface area contributed by atoms with Gasteiger partial charge in [0.2, 0.25) is 5.91 Å². The second-order valence-electron chi connectivity index (χ2n) is 21.3. The van der Waals surface area contributed by atoms with Gasteiger partial charge >= 0.3 is 18.2 Å². The smallest absolute Gasteiger partial charge is 0.407 e. The van der Waals surface area contributed by atoms with Crippen molar-refractivity contribution in [1.29, 1.82) is 0 Å². The molecule has 4 aliphatic carbocycles. The third kappa shape index (κ3) is 13.1. The van der Waals surface area contributed by atoms with Crippen molar-refractivity contribution in [1.82, 2.24) is 15.5 Å². The minimum atomic E-state index is -1.17. The Balaban J connectivity index is 1.41. The highest BCUT2D eigenvalue weighted by Gasteiger charge is 2.53. The number of allylic oxidation sites excluding steroid dienone is 2. The van der Waals surface area contributed by atoms with E-state index in [0.717, 1.165) is 61.2 Å². The molecule has 0 heterocycles. The maximum atomic E-state index is 14.5. The van der Waals surface area contributed by atoms with Crippen LogP contribution in [-0.4, -0.2) is 71.5 Å². The molecule has 3 N–H and O–H groups in total. The van der Waals surface area contributed by atoms with Crippen molar-refractivity contribution in [2.24, 2.45) is 64.6 Å². The van der Waals surface area contributed by atoms with Crippen LogP contribution < -0.4 is 10.6 Å². The number of rotatable bonds is 17. The number of carbonyl (C=O) groups excluding carboxylic acids is 3. The van der Waals surface area contributed by atoms with Crippen LogP contribution in [0.4, 0.5) is 9.59 Å². The molecule has 4 rings (SSSR count). The molecule has 0 aromatic heterocycles. The number of amides is 3. The third-order valence-electron chi connectivity index (χ3n) is 13.9. The Bertz CT molecular complexity index is 1360. The quantitative estimate of drug-likeness (QED) is 0.0985. The van der Waals surface area contributed by atoms with Crippen molar-refractivity contribution in [2.75, 3.05) is 26.2 Å². The van der Waals surface area contributed by atoms with Crippen molar-refractivity contribution < 1.29 is 33.8 Å². The van der Waals surface area contributed by atoms with Crippen molar-refractivity contribution >= 4 is 24.1 Å². The van der Waals surface area contributed by atoms with Gasteiger partial charge in [-0.2, -0.15) is 0 Å². The van der Waals surface area contributed by atoms with Crippen LogP contribution in [0.15, 0.2) is 11.6 Å². The number of carboxylic acid groups (broad SMARTS) is 1. The molecule has 0 aromatic rings. The molecule has 10 heteroatoms. The lowest BCUT2D eigenvalue weighted by Crippen LogP contribution is -2.51. The second-order valence-corrected chi connectivity index (χ2v) is 21.3. The van der Waals surface area contributed by atoms with Crippen LogP contribution in [0.1, 0.15) is 160 Å². The summed E-state index contributed by atoms with van der Waals surface area (Å²) in [6.07, 6.45) is 15.6. The van der Waals surface area contributed by atoms with E-state index in [4.69, 9.17) is 9.47 Å². The monoisotopic (exact) mass is 800 g/mol. The number of ether oxygens (including phenoxy) is 2. The van der Waals surface area contributed by atoms with Crippen LogP contribution in [0.5, 0.6) is 0 Å². The van der Waals surface area contributed by atoms with E-state index in [-0.39, 0.29) is 11.8 Å². The molecule has 0 spiro atoms. The van der Waals surface area contributed by atoms with E-state index in [9.17, 15) is 24.3 Å². The summed E-state index contributed by atoms with van der Waals surface area (Å²) < 4.78 is 10.7. The van der Waals surface area contributed by atoms with Crippen LogP contribution in [0.25, 0.3) is 0 Å². The van der Waals surface area contributed by atoms with E-state index in [1.165, 1.54) is 50.5 Å². The SMILES string of the molecule is CC(C)CCC[C@@H](C)C1CCC2C3CC=C4CC(C(C(=O)O)C(C)(C)C(=O)N(CCCNC(=O)OC(C)(C)C)CCCNC(=O)OC(C)(C)C)CCC4C3CCC21. The van der Waals surface area contributed by atoms with Gasteiger partial charge in [0.25, 0.3) is 0 Å². The molecule has 3 fully saturated rings. The van der Waals surface area contributed by atoms with Gasteiger partial charge < -0.3 is 30.1 Å². The molecule has 9 atom stereocenters. The molecule has 3 saturated carbocycles. The lowest BCUT2D eigenvalue weighted by molar-refractivity contribution is -0.160. The summed E-state index contributed by atoms with van der Waals surface area (Å²) in [6, 6.07) is 0. The summed E-state index contributed by atoms with van der Waals surface area (Å²) in [7, 11) is 0. The van der Waals surface area contributed by atoms with Crippen LogP contribution in [0.2, 0.25) is 0 Å². The second kappa shape index (κ2) is 20.0. The highest BCUT2D eigenvalue weighted by Crippen LogP contribution is 2.60. The maximum Gasteiger partial charge on any atom is 0.407 e. The topological polar surface area (TPSA) is 134 Å². The van der Waals surface area contributed by atoms with Crippen molar-refractivity contribution in [3.8, 4) is 0 Å². The molecule has 0 bridgehead atoms. The van der Waals surface area contributed by atoms with E-state index in [2.05, 4.69) is 37.5 Å². The van der Waals surface area contributed by atoms with Crippen molar-refractivity contribution in [2.45, 2.75) is 171 Å². The zero-order chi connectivity index (χ0) is 42.3. The largest absolute Gasteiger partial charge is 0.481 e. The molecule has 57 heavy (non-hydrogen) atoms. The fourth-order valence-electron chi connectivity index (χ4n) is 11.6. The zero-order valence-electron chi connectivity index (χ0n) is 37.7. The van der Waals surface area contributed by atoms with Gasteiger partial charge in [-0.3, -0.25) is 9.59 Å². The first-order valence-electron chi connectivity index (χ1n) is 22.7. The van der Waals surface area contributed by atoms with Gasteiger partial charge in [-0.25, -0.2) is 9.59 Å². The van der Waals surface area contributed by atoms with Gasteiger partial charge in [0.15, 0.2) is 0 Å². The first kappa shape index (κ1) is 46.9. The summed E-state index contributed by atoms with van der Waals surface area (Å²) in [6.45, 7) is 22.9. The number of alkyl carbamates (subject to hydrolysis) is 2. The number of hydrogen-bond acceptors (Lipinski definition) is 6. The number of nitrogens with zero attached hydrogens (tertiary/aromatic N) is 1. The van der Waals surface area contributed by atoms with Gasteiger partial charge in [-0.15, -0.1) is 0 Å². The molecule has 3 amide bonds. The molecule has 8 unspecified atom stereocenters. The van der Waals surface area contributed by atoms with Gasteiger partial charge in [-0.05, 0) is 159 Å². The van der Waals surface area contributed by atoms with Gasteiger partial charge in [0.05, 0.1) is 11.3 Å². The summed E-state index contributed by atoms with van der Waals surface area (Å²) in [5.74, 6) is 4.12. The van der Waals surface area contributed by atoms with E-state index in [1.54, 1.807) is 60.3 Å². The number of hydrogen-bond donors (Lipinski definition) is 3. The minimum absolute atomic E-state index is 0.121. The summed E-state index contributed by atoms with van der Waals surface area (Å²) in [5, 5.41) is 16.4. The Labute approximate surface area is 345 Å².